The van der Waals surface area contributed by atoms with E-state index in [1.807, 2.05) is 0 Å². The van der Waals surface area contributed by atoms with Crippen molar-refractivity contribution >= 4 is 0 Å². The molecular weight excluding hydrogens is 174 g/mol. The highest BCUT2D eigenvalue weighted by Crippen LogP contribution is 2.17. The van der Waals surface area contributed by atoms with E-state index in [9.17, 15) is 0 Å². The first-order valence-electron chi connectivity index (χ1n) is 5.70. The molecule has 0 amide bonds. The molecule has 0 aromatic rings. The predicted octanol–water partition coefficient (Wildman–Crippen LogP) is 0.607. The third-order valence-electron chi connectivity index (χ3n) is 2.88. The van der Waals surface area contributed by atoms with Gasteiger partial charge >= 0.3 is 0 Å². The predicted molar refractivity (Wildman–Crippen MR) is 61.4 cm³/mol. The summed E-state index contributed by atoms with van der Waals surface area (Å²) < 4.78 is 0. The van der Waals surface area contributed by atoms with E-state index < -0.39 is 0 Å². The Kier molecular flexibility index (Phi) is 4.85. The quantitative estimate of drug-likeness (QED) is 0.720. The van der Waals surface area contributed by atoms with Gasteiger partial charge in [-0.25, -0.2) is 0 Å². The monoisotopic (exact) mass is 199 g/mol. The van der Waals surface area contributed by atoms with E-state index in [-0.39, 0.29) is 0 Å². The number of rotatable bonds is 4. The van der Waals surface area contributed by atoms with Gasteiger partial charge in [0.25, 0.3) is 0 Å². The first kappa shape index (κ1) is 12.0. The maximum atomic E-state index is 5.79. The number of hydrogen-bond donors (Lipinski definition) is 1. The molecule has 0 aliphatic carbocycles. The van der Waals surface area contributed by atoms with Crippen molar-refractivity contribution in [2.75, 3.05) is 40.3 Å². The Morgan fingerprint density at radius 3 is 2.36 bits per heavy atom. The first-order valence-corrected chi connectivity index (χ1v) is 5.70. The molecular formula is C11H25N3. The molecule has 0 saturated carbocycles. The van der Waals surface area contributed by atoms with Crippen LogP contribution >= 0.6 is 0 Å². The zero-order valence-corrected chi connectivity index (χ0v) is 9.87. The fourth-order valence-corrected chi connectivity index (χ4v) is 2.28. The molecule has 0 aromatic heterocycles. The van der Waals surface area contributed by atoms with Crippen LogP contribution < -0.4 is 5.73 Å². The molecule has 0 aromatic carbocycles. The Bertz CT molecular complexity index is 131. The number of hydrogen-bond acceptors (Lipinski definition) is 3. The number of likely N-dealkylation sites (tertiary alicyclic amines) is 1. The lowest BCUT2D eigenvalue weighted by Gasteiger charge is -2.33. The highest BCUT2D eigenvalue weighted by Gasteiger charge is 2.19. The van der Waals surface area contributed by atoms with Crippen LogP contribution in [0.4, 0.5) is 0 Å². The topological polar surface area (TPSA) is 32.5 Å². The van der Waals surface area contributed by atoms with Crippen LogP contribution in [0.3, 0.4) is 0 Å². The summed E-state index contributed by atoms with van der Waals surface area (Å²) in [5.41, 5.74) is 5.79. The minimum absolute atomic E-state index is 0.320. The lowest BCUT2D eigenvalue weighted by molar-refractivity contribution is 0.158. The van der Waals surface area contributed by atoms with E-state index in [1.54, 1.807) is 0 Å². The van der Waals surface area contributed by atoms with E-state index in [4.69, 9.17) is 5.73 Å². The van der Waals surface area contributed by atoms with Gasteiger partial charge in [-0.1, -0.05) is 0 Å². The Morgan fingerprint density at radius 2 is 1.93 bits per heavy atom. The minimum atomic E-state index is 0.320. The van der Waals surface area contributed by atoms with Gasteiger partial charge < -0.3 is 15.5 Å². The molecule has 14 heavy (non-hydrogen) atoms. The van der Waals surface area contributed by atoms with Crippen LogP contribution in [0, 0.1) is 5.92 Å². The van der Waals surface area contributed by atoms with E-state index in [0.717, 1.165) is 12.5 Å². The summed E-state index contributed by atoms with van der Waals surface area (Å²) in [6, 6.07) is 0.320. The Balaban J connectivity index is 2.17. The SMILES string of the molecule is CC(N)CN1CCC(CN(C)C)CC1. The van der Waals surface area contributed by atoms with E-state index >= 15 is 0 Å². The number of nitrogens with zero attached hydrogens (tertiary/aromatic N) is 2. The fraction of sp³-hybridized carbons (Fsp3) is 1.00. The zero-order valence-electron chi connectivity index (χ0n) is 9.87. The second kappa shape index (κ2) is 5.69. The van der Waals surface area contributed by atoms with Crippen LogP contribution in [0.25, 0.3) is 0 Å². The van der Waals surface area contributed by atoms with Gasteiger partial charge in [0.15, 0.2) is 0 Å². The average molecular weight is 199 g/mol. The third-order valence-corrected chi connectivity index (χ3v) is 2.88. The van der Waals surface area contributed by atoms with Crippen LogP contribution in [0.15, 0.2) is 0 Å². The molecule has 2 N–H and O–H groups in total. The van der Waals surface area contributed by atoms with Gasteiger partial charge in [0, 0.05) is 19.1 Å². The molecule has 3 heteroatoms. The summed E-state index contributed by atoms with van der Waals surface area (Å²) in [6.07, 6.45) is 2.68. The summed E-state index contributed by atoms with van der Waals surface area (Å²) >= 11 is 0. The van der Waals surface area contributed by atoms with Gasteiger partial charge in [-0.15, -0.1) is 0 Å². The van der Waals surface area contributed by atoms with Gasteiger partial charge in [-0.05, 0) is 52.9 Å². The molecule has 0 bridgehead atoms. The van der Waals surface area contributed by atoms with Crippen LogP contribution in [-0.4, -0.2) is 56.1 Å². The summed E-state index contributed by atoms with van der Waals surface area (Å²) in [5.74, 6) is 0.898. The van der Waals surface area contributed by atoms with Crippen molar-refractivity contribution in [2.24, 2.45) is 11.7 Å². The largest absolute Gasteiger partial charge is 0.327 e. The smallest absolute Gasteiger partial charge is 0.0139 e. The van der Waals surface area contributed by atoms with Crippen molar-refractivity contribution < 1.29 is 0 Å². The highest BCUT2D eigenvalue weighted by molar-refractivity contribution is 4.75. The Morgan fingerprint density at radius 1 is 1.36 bits per heavy atom. The van der Waals surface area contributed by atoms with Gasteiger partial charge in [0.05, 0.1) is 0 Å². The van der Waals surface area contributed by atoms with E-state index in [0.29, 0.717) is 6.04 Å². The van der Waals surface area contributed by atoms with Crippen LogP contribution in [-0.2, 0) is 0 Å². The summed E-state index contributed by atoms with van der Waals surface area (Å²) in [4.78, 5) is 4.79. The zero-order chi connectivity index (χ0) is 10.6. The van der Waals surface area contributed by atoms with Crippen molar-refractivity contribution in [2.45, 2.75) is 25.8 Å². The fourth-order valence-electron chi connectivity index (χ4n) is 2.28. The molecule has 1 saturated heterocycles. The minimum Gasteiger partial charge on any atom is -0.327 e. The summed E-state index contributed by atoms with van der Waals surface area (Å²) in [7, 11) is 4.32. The van der Waals surface area contributed by atoms with Gasteiger partial charge in [-0.3, -0.25) is 0 Å². The molecule has 0 radical (unpaired) electrons. The summed E-state index contributed by atoms with van der Waals surface area (Å²) in [5, 5.41) is 0. The van der Waals surface area contributed by atoms with Crippen molar-refractivity contribution in [3.63, 3.8) is 0 Å². The second-order valence-electron chi connectivity index (χ2n) is 4.98. The molecule has 1 rings (SSSR count). The lowest BCUT2D eigenvalue weighted by atomic mass is 9.96. The highest BCUT2D eigenvalue weighted by atomic mass is 15.1. The van der Waals surface area contributed by atoms with Crippen LogP contribution in [0.2, 0.25) is 0 Å². The molecule has 0 spiro atoms. The first-order chi connectivity index (χ1) is 6.58. The van der Waals surface area contributed by atoms with Crippen LogP contribution in [0.5, 0.6) is 0 Å². The maximum absolute atomic E-state index is 5.79. The van der Waals surface area contributed by atoms with Crippen molar-refractivity contribution in [1.29, 1.82) is 0 Å². The molecule has 1 heterocycles. The van der Waals surface area contributed by atoms with Crippen LogP contribution in [0.1, 0.15) is 19.8 Å². The number of nitrogens with two attached hydrogens (primary N) is 1. The standard InChI is InChI=1S/C11H25N3/c1-10(12)8-14-6-4-11(5-7-14)9-13(2)3/h10-11H,4-9,12H2,1-3H3. The summed E-state index contributed by atoms with van der Waals surface area (Å²) in [6.45, 7) is 6.87. The van der Waals surface area contributed by atoms with Crippen molar-refractivity contribution in [3.05, 3.63) is 0 Å². The van der Waals surface area contributed by atoms with Gasteiger partial charge in [-0.2, -0.15) is 0 Å². The molecule has 1 aliphatic rings. The second-order valence-corrected chi connectivity index (χ2v) is 4.98. The molecule has 1 aliphatic heterocycles. The van der Waals surface area contributed by atoms with Gasteiger partial charge in [0.2, 0.25) is 0 Å². The maximum Gasteiger partial charge on any atom is 0.0139 e. The molecule has 84 valence electrons. The number of piperidine rings is 1. The van der Waals surface area contributed by atoms with Gasteiger partial charge in [0.1, 0.15) is 0 Å². The van der Waals surface area contributed by atoms with E-state index in [2.05, 4.69) is 30.8 Å². The lowest BCUT2D eigenvalue weighted by Crippen LogP contribution is -2.42. The molecule has 3 nitrogen and oxygen atoms in total. The van der Waals surface area contributed by atoms with Crippen molar-refractivity contribution in [3.8, 4) is 0 Å². The molecule has 1 unspecified atom stereocenters. The normalized spacial score (nSPS) is 22.9. The molecule has 1 atom stereocenters. The Hall–Kier alpha value is -0.120. The molecule has 1 fully saturated rings. The third kappa shape index (κ3) is 4.40. The Labute approximate surface area is 88.2 Å². The van der Waals surface area contributed by atoms with Crippen molar-refractivity contribution in [1.82, 2.24) is 9.80 Å². The average Bonchev–Trinajstić information content (AvgIpc) is 2.06. The van der Waals surface area contributed by atoms with E-state index in [1.165, 1.54) is 32.5 Å².